The van der Waals surface area contributed by atoms with Crippen LogP contribution in [0.15, 0.2) is 24.3 Å². The monoisotopic (exact) mass is 454 g/mol. The van der Waals surface area contributed by atoms with Crippen molar-refractivity contribution in [1.29, 1.82) is 0 Å². The Morgan fingerprint density at radius 2 is 1.78 bits per heavy atom. The average molecular weight is 455 g/mol. The number of ether oxygens (including phenoxy) is 1. The van der Waals surface area contributed by atoms with Gasteiger partial charge in [-0.2, -0.15) is 0 Å². The van der Waals surface area contributed by atoms with Gasteiger partial charge >= 0.3 is 5.97 Å². The lowest BCUT2D eigenvalue weighted by molar-refractivity contribution is -0.120. The van der Waals surface area contributed by atoms with E-state index in [1.165, 1.54) is 11.3 Å². The van der Waals surface area contributed by atoms with E-state index in [1.54, 1.807) is 31.2 Å². The van der Waals surface area contributed by atoms with Gasteiger partial charge in [-0.25, -0.2) is 4.79 Å². The van der Waals surface area contributed by atoms with Crippen molar-refractivity contribution in [2.75, 3.05) is 11.9 Å². The summed E-state index contributed by atoms with van der Waals surface area (Å²) < 4.78 is 5.23. The molecule has 0 saturated heterocycles. The summed E-state index contributed by atoms with van der Waals surface area (Å²) in [5.74, 6) is -1.80. The van der Waals surface area contributed by atoms with Crippen molar-refractivity contribution < 1.29 is 23.9 Å². The van der Waals surface area contributed by atoms with Gasteiger partial charge in [0.15, 0.2) is 0 Å². The van der Waals surface area contributed by atoms with Gasteiger partial charge in [0.1, 0.15) is 11.0 Å². The smallest absolute Gasteiger partial charge is 0.341 e. The number of amides is 3. The number of thiophene rings is 1. The maximum absolute atomic E-state index is 13.4. The van der Waals surface area contributed by atoms with E-state index in [0.29, 0.717) is 28.1 Å². The highest BCUT2D eigenvalue weighted by Crippen LogP contribution is 2.40. The molecule has 168 valence electrons. The molecular formula is C24H26N2O5S. The predicted molar refractivity (Wildman–Crippen MR) is 121 cm³/mol. The number of rotatable bonds is 7. The first kappa shape index (κ1) is 22.2. The van der Waals surface area contributed by atoms with Gasteiger partial charge < -0.3 is 10.1 Å². The minimum Gasteiger partial charge on any atom is -0.462 e. The average Bonchev–Trinajstić information content (AvgIpc) is 3.39. The lowest BCUT2D eigenvalue weighted by atomic mass is 10.0. The second-order valence-electron chi connectivity index (χ2n) is 8.44. The quantitative estimate of drug-likeness (QED) is 0.503. The number of hydrogen-bond donors (Lipinski definition) is 1. The number of carbonyl (C=O) groups is 4. The maximum atomic E-state index is 13.4. The first-order chi connectivity index (χ1) is 15.3. The molecule has 0 spiro atoms. The third-order valence-electron chi connectivity index (χ3n) is 5.77. The molecule has 7 nitrogen and oxygen atoms in total. The summed E-state index contributed by atoms with van der Waals surface area (Å²) in [6, 6.07) is 5.62. The number of aryl methyl sites for hydroxylation is 1. The number of anilines is 1. The van der Waals surface area contributed by atoms with Crippen LogP contribution in [0.25, 0.3) is 0 Å². The Morgan fingerprint density at radius 3 is 2.38 bits per heavy atom. The number of nitrogens with one attached hydrogen (secondary N) is 1. The number of nitrogens with zero attached hydrogens (tertiary/aromatic N) is 1. The van der Waals surface area contributed by atoms with Crippen LogP contribution in [0.4, 0.5) is 5.00 Å². The van der Waals surface area contributed by atoms with Crippen molar-refractivity contribution in [1.82, 2.24) is 4.90 Å². The summed E-state index contributed by atoms with van der Waals surface area (Å²) in [5, 5.41) is 3.30. The van der Waals surface area contributed by atoms with Gasteiger partial charge in [0.2, 0.25) is 5.91 Å². The van der Waals surface area contributed by atoms with Crippen LogP contribution >= 0.6 is 11.3 Å². The lowest BCUT2D eigenvalue weighted by Gasteiger charge is -2.26. The summed E-state index contributed by atoms with van der Waals surface area (Å²) in [5.41, 5.74) is 1.95. The number of fused-ring (bicyclic) bond motifs is 2. The van der Waals surface area contributed by atoms with E-state index in [9.17, 15) is 19.2 Å². The molecule has 4 rings (SSSR count). The van der Waals surface area contributed by atoms with Crippen LogP contribution in [0.3, 0.4) is 0 Å². The van der Waals surface area contributed by atoms with E-state index in [2.05, 4.69) is 5.32 Å². The molecule has 1 atom stereocenters. The molecule has 8 heteroatoms. The molecule has 2 aliphatic rings. The largest absolute Gasteiger partial charge is 0.462 e. The molecule has 0 radical (unpaired) electrons. The number of carbonyl (C=O) groups excluding carboxylic acids is 4. The van der Waals surface area contributed by atoms with E-state index < -0.39 is 29.7 Å². The number of imide groups is 1. The molecule has 2 aromatic rings. The minimum atomic E-state index is -0.977. The molecule has 3 amide bonds. The van der Waals surface area contributed by atoms with Crippen molar-refractivity contribution in [3.8, 4) is 0 Å². The van der Waals surface area contributed by atoms with Crippen molar-refractivity contribution >= 4 is 40.0 Å². The topological polar surface area (TPSA) is 92.8 Å². The highest BCUT2D eigenvalue weighted by Gasteiger charge is 2.43. The SMILES string of the molecule is CCOC(=O)c1c(NC(=O)C(CC(C)C)N2C(=O)c3ccccc3C2=O)sc2c1CCC2. The Labute approximate surface area is 190 Å². The van der Waals surface area contributed by atoms with E-state index in [1.807, 2.05) is 13.8 Å². The van der Waals surface area contributed by atoms with Gasteiger partial charge in [-0.05, 0) is 56.2 Å². The van der Waals surface area contributed by atoms with Gasteiger partial charge in [-0.1, -0.05) is 26.0 Å². The Bertz CT molecular complexity index is 1070. The van der Waals surface area contributed by atoms with Crippen molar-refractivity contribution in [3.05, 3.63) is 51.4 Å². The molecule has 0 saturated carbocycles. The van der Waals surface area contributed by atoms with Crippen molar-refractivity contribution in [3.63, 3.8) is 0 Å². The Balaban J connectivity index is 1.66. The zero-order valence-corrected chi connectivity index (χ0v) is 19.2. The van der Waals surface area contributed by atoms with E-state index in [4.69, 9.17) is 4.74 Å². The van der Waals surface area contributed by atoms with Gasteiger partial charge in [-0.3, -0.25) is 19.3 Å². The van der Waals surface area contributed by atoms with Crippen LogP contribution in [0.2, 0.25) is 0 Å². The van der Waals surface area contributed by atoms with Crippen LogP contribution in [0, 0.1) is 5.92 Å². The highest BCUT2D eigenvalue weighted by molar-refractivity contribution is 7.17. The molecule has 0 fully saturated rings. The minimum absolute atomic E-state index is 0.0629. The summed E-state index contributed by atoms with van der Waals surface area (Å²) >= 11 is 1.38. The van der Waals surface area contributed by atoms with Gasteiger partial charge in [0.05, 0.1) is 23.3 Å². The summed E-state index contributed by atoms with van der Waals surface area (Å²) in [6.07, 6.45) is 2.91. The summed E-state index contributed by atoms with van der Waals surface area (Å²) in [4.78, 5) is 54.2. The third-order valence-corrected chi connectivity index (χ3v) is 6.98. The Morgan fingerprint density at radius 1 is 1.12 bits per heavy atom. The van der Waals surface area contributed by atoms with Gasteiger partial charge in [0.25, 0.3) is 11.8 Å². The molecule has 1 unspecified atom stereocenters. The fourth-order valence-corrected chi connectivity index (χ4v) is 5.65. The van der Waals surface area contributed by atoms with Crippen LogP contribution in [-0.4, -0.2) is 41.2 Å². The van der Waals surface area contributed by atoms with Crippen molar-refractivity contribution in [2.24, 2.45) is 5.92 Å². The fourth-order valence-electron chi connectivity index (χ4n) is 4.37. The summed E-state index contributed by atoms with van der Waals surface area (Å²) in [6.45, 7) is 5.84. The first-order valence-electron chi connectivity index (χ1n) is 10.9. The molecule has 1 N–H and O–H groups in total. The zero-order valence-electron chi connectivity index (χ0n) is 18.4. The fraction of sp³-hybridized carbons (Fsp3) is 0.417. The zero-order chi connectivity index (χ0) is 23.0. The first-order valence-corrected chi connectivity index (χ1v) is 11.7. The Kier molecular flexibility index (Phi) is 6.15. The highest BCUT2D eigenvalue weighted by atomic mass is 32.1. The van der Waals surface area contributed by atoms with Crippen LogP contribution in [0.5, 0.6) is 0 Å². The second kappa shape index (κ2) is 8.86. The maximum Gasteiger partial charge on any atom is 0.341 e. The van der Waals surface area contributed by atoms with Crippen LogP contribution in [-0.2, 0) is 22.4 Å². The molecule has 32 heavy (non-hydrogen) atoms. The van der Waals surface area contributed by atoms with Crippen LogP contribution < -0.4 is 5.32 Å². The molecule has 1 aromatic heterocycles. The van der Waals surface area contributed by atoms with Crippen molar-refractivity contribution in [2.45, 2.75) is 52.5 Å². The predicted octanol–water partition coefficient (Wildman–Crippen LogP) is 4.06. The number of hydrogen-bond acceptors (Lipinski definition) is 6. The molecule has 1 aliphatic carbocycles. The number of benzene rings is 1. The Hall–Kier alpha value is -3.00. The van der Waals surface area contributed by atoms with E-state index in [0.717, 1.165) is 34.6 Å². The van der Waals surface area contributed by atoms with E-state index >= 15 is 0 Å². The third kappa shape index (κ3) is 3.83. The molecular weight excluding hydrogens is 428 g/mol. The molecule has 2 heterocycles. The molecule has 1 aromatic carbocycles. The van der Waals surface area contributed by atoms with Crippen LogP contribution in [0.1, 0.15) is 75.1 Å². The second-order valence-corrected chi connectivity index (χ2v) is 9.55. The lowest BCUT2D eigenvalue weighted by Crippen LogP contribution is -2.48. The van der Waals surface area contributed by atoms with E-state index in [-0.39, 0.29) is 12.5 Å². The summed E-state index contributed by atoms with van der Waals surface area (Å²) in [7, 11) is 0. The normalized spacial score (nSPS) is 15.7. The number of esters is 1. The standard InChI is InChI=1S/C24H26N2O5S/c1-4-31-24(30)19-16-10-7-11-18(16)32-21(19)25-20(27)17(12-13(2)3)26-22(28)14-8-5-6-9-15(14)23(26)29/h5-6,8-9,13,17H,4,7,10-12H2,1-3H3,(H,25,27). The molecule has 0 bridgehead atoms. The van der Waals surface area contributed by atoms with Gasteiger partial charge in [0, 0.05) is 4.88 Å². The molecule has 1 aliphatic heterocycles. The van der Waals surface area contributed by atoms with Gasteiger partial charge in [-0.15, -0.1) is 11.3 Å².